The molecule has 1 aromatic heterocycles. The highest BCUT2D eigenvalue weighted by atomic mass is 32.1. The number of thiocarbonyl (C=S) groups is 1. The number of hydrogen-bond donors (Lipinski definition) is 2. The second kappa shape index (κ2) is 7.68. The summed E-state index contributed by atoms with van der Waals surface area (Å²) in [5, 5.41) is 3.45. The van der Waals surface area contributed by atoms with Gasteiger partial charge in [-0.25, -0.2) is 0 Å². The molecule has 1 aromatic rings. The molecule has 5 nitrogen and oxygen atoms in total. The van der Waals surface area contributed by atoms with Gasteiger partial charge in [0.15, 0.2) is 0 Å². The van der Waals surface area contributed by atoms with Crippen molar-refractivity contribution < 1.29 is 4.74 Å². The van der Waals surface area contributed by atoms with Crippen molar-refractivity contribution in [3.63, 3.8) is 0 Å². The fourth-order valence-corrected chi connectivity index (χ4v) is 2.89. The second-order valence-electron chi connectivity index (χ2n) is 5.37. The van der Waals surface area contributed by atoms with Crippen LogP contribution in [0.3, 0.4) is 0 Å². The van der Waals surface area contributed by atoms with E-state index in [0.29, 0.717) is 4.99 Å². The fraction of sp³-hybridized carbons (Fsp3) is 0.600. The van der Waals surface area contributed by atoms with E-state index in [1.54, 1.807) is 0 Å². The van der Waals surface area contributed by atoms with Crippen LogP contribution in [0.1, 0.15) is 23.4 Å². The minimum absolute atomic E-state index is 0.399. The van der Waals surface area contributed by atoms with Crippen LogP contribution in [0.25, 0.3) is 0 Å². The van der Waals surface area contributed by atoms with Gasteiger partial charge in [-0.15, -0.1) is 0 Å². The SMILES string of the molecule is Cc1cc(NCCCN2CCOCC2)c(C(N)=S)c(C)n1. The van der Waals surface area contributed by atoms with Crippen LogP contribution >= 0.6 is 12.2 Å². The molecule has 0 radical (unpaired) electrons. The summed E-state index contributed by atoms with van der Waals surface area (Å²) in [6.45, 7) is 9.67. The Morgan fingerprint density at radius 2 is 2.14 bits per heavy atom. The van der Waals surface area contributed by atoms with E-state index in [1.165, 1.54) is 0 Å². The molecule has 0 spiro atoms. The largest absolute Gasteiger partial charge is 0.389 e. The highest BCUT2D eigenvalue weighted by Gasteiger charge is 2.12. The minimum Gasteiger partial charge on any atom is -0.389 e. The highest BCUT2D eigenvalue weighted by molar-refractivity contribution is 7.80. The van der Waals surface area contributed by atoms with Crippen molar-refractivity contribution in [3.05, 3.63) is 23.0 Å². The van der Waals surface area contributed by atoms with Gasteiger partial charge in [0.25, 0.3) is 0 Å². The number of pyridine rings is 1. The molecule has 1 saturated heterocycles. The van der Waals surface area contributed by atoms with Gasteiger partial charge in [-0.05, 0) is 32.9 Å². The lowest BCUT2D eigenvalue weighted by Crippen LogP contribution is -2.37. The first kappa shape index (κ1) is 16.1. The summed E-state index contributed by atoms with van der Waals surface area (Å²) in [6.07, 6.45) is 1.08. The Labute approximate surface area is 131 Å². The van der Waals surface area contributed by atoms with Crippen molar-refractivity contribution in [2.45, 2.75) is 20.3 Å². The topological polar surface area (TPSA) is 63.4 Å². The van der Waals surface area contributed by atoms with Crippen molar-refractivity contribution in [1.82, 2.24) is 9.88 Å². The third kappa shape index (κ3) is 4.62. The summed E-state index contributed by atoms with van der Waals surface area (Å²) in [5.41, 5.74) is 9.54. The van der Waals surface area contributed by atoms with Crippen molar-refractivity contribution in [3.8, 4) is 0 Å². The molecule has 6 heteroatoms. The van der Waals surface area contributed by atoms with Crippen LogP contribution < -0.4 is 11.1 Å². The average molecular weight is 308 g/mol. The van der Waals surface area contributed by atoms with Crippen LogP contribution in [0, 0.1) is 13.8 Å². The first-order valence-corrected chi connectivity index (χ1v) is 7.81. The summed E-state index contributed by atoms with van der Waals surface area (Å²) in [6, 6.07) is 2.01. The number of morpholine rings is 1. The summed E-state index contributed by atoms with van der Waals surface area (Å²) in [5.74, 6) is 0. The summed E-state index contributed by atoms with van der Waals surface area (Å²) < 4.78 is 5.35. The van der Waals surface area contributed by atoms with Gasteiger partial charge in [-0.1, -0.05) is 12.2 Å². The van der Waals surface area contributed by atoms with Crippen LogP contribution in [-0.4, -0.2) is 54.3 Å². The molecule has 0 saturated carbocycles. The van der Waals surface area contributed by atoms with Crippen molar-refractivity contribution in [2.75, 3.05) is 44.7 Å². The predicted molar refractivity (Wildman–Crippen MR) is 90.0 cm³/mol. The normalized spacial score (nSPS) is 15.9. The van der Waals surface area contributed by atoms with Gasteiger partial charge in [-0.2, -0.15) is 0 Å². The maximum atomic E-state index is 5.82. The molecule has 2 rings (SSSR count). The van der Waals surface area contributed by atoms with E-state index in [9.17, 15) is 0 Å². The minimum atomic E-state index is 0.399. The molecule has 1 aliphatic heterocycles. The van der Waals surface area contributed by atoms with Gasteiger partial charge in [0.05, 0.1) is 18.8 Å². The smallest absolute Gasteiger partial charge is 0.107 e. The number of hydrogen-bond acceptors (Lipinski definition) is 5. The molecule has 0 aliphatic carbocycles. The molecular formula is C15H24N4OS. The van der Waals surface area contributed by atoms with Gasteiger partial charge >= 0.3 is 0 Å². The molecular weight excluding hydrogens is 284 g/mol. The number of nitrogens with one attached hydrogen (secondary N) is 1. The Hall–Kier alpha value is -1.24. The lowest BCUT2D eigenvalue weighted by molar-refractivity contribution is 0.0378. The van der Waals surface area contributed by atoms with Crippen LogP contribution in [0.5, 0.6) is 0 Å². The predicted octanol–water partition coefficient (Wildman–Crippen LogP) is 1.47. The Kier molecular flexibility index (Phi) is 5.90. The summed E-state index contributed by atoms with van der Waals surface area (Å²) in [7, 11) is 0. The Balaban J connectivity index is 1.88. The molecule has 2 heterocycles. The number of aromatic nitrogens is 1. The zero-order valence-corrected chi connectivity index (χ0v) is 13.6. The number of nitrogens with zero attached hydrogens (tertiary/aromatic N) is 2. The molecule has 0 bridgehead atoms. The van der Waals surface area contributed by atoms with E-state index >= 15 is 0 Å². The van der Waals surface area contributed by atoms with Crippen LogP contribution in [-0.2, 0) is 4.74 Å². The Morgan fingerprint density at radius 3 is 2.81 bits per heavy atom. The van der Waals surface area contributed by atoms with Crippen LogP contribution in [0.4, 0.5) is 5.69 Å². The highest BCUT2D eigenvalue weighted by Crippen LogP contribution is 2.19. The number of rotatable bonds is 6. The number of nitrogens with two attached hydrogens (primary N) is 1. The van der Waals surface area contributed by atoms with Crippen LogP contribution in [0.15, 0.2) is 6.07 Å². The van der Waals surface area contributed by atoms with E-state index in [4.69, 9.17) is 22.7 Å². The van der Waals surface area contributed by atoms with E-state index in [0.717, 1.165) is 68.5 Å². The second-order valence-corrected chi connectivity index (χ2v) is 5.81. The van der Waals surface area contributed by atoms with Crippen LogP contribution in [0.2, 0.25) is 0 Å². The third-order valence-corrected chi connectivity index (χ3v) is 3.85. The molecule has 0 unspecified atom stereocenters. The van der Waals surface area contributed by atoms with Gasteiger partial charge in [0.1, 0.15) is 4.99 Å². The first-order valence-electron chi connectivity index (χ1n) is 7.40. The molecule has 0 atom stereocenters. The number of anilines is 1. The molecule has 1 aliphatic rings. The van der Waals surface area contributed by atoms with E-state index < -0.39 is 0 Å². The summed E-state index contributed by atoms with van der Waals surface area (Å²) in [4.78, 5) is 7.26. The quantitative estimate of drug-likeness (QED) is 0.613. The maximum absolute atomic E-state index is 5.82. The van der Waals surface area contributed by atoms with E-state index in [-0.39, 0.29) is 0 Å². The molecule has 0 amide bonds. The van der Waals surface area contributed by atoms with Gasteiger partial charge in [-0.3, -0.25) is 9.88 Å². The molecule has 21 heavy (non-hydrogen) atoms. The zero-order valence-electron chi connectivity index (χ0n) is 12.8. The maximum Gasteiger partial charge on any atom is 0.107 e. The zero-order chi connectivity index (χ0) is 15.2. The standard InChI is InChI=1S/C15H24N4OS/c1-11-10-13(14(15(16)21)12(2)18-11)17-4-3-5-19-6-8-20-9-7-19/h10H,3-9H2,1-2H3,(H2,16,21)(H,17,18). The monoisotopic (exact) mass is 308 g/mol. The molecule has 0 aromatic carbocycles. The Bertz CT molecular complexity index is 501. The summed E-state index contributed by atoms with van der Waals surface area (Å²) >= 11 is 5.14. The van der Waals surface area contributed by atoms with E-state index in [2.05, 4.69) is 15.2 Å². The molecule has 116 valence electrons. The van der Waals surface area contributed by atoms with Gasteiger partial charge < -0.3 is 15.8 Å². The Morgan fingerprint density at radius 1 is 1.43 bits per heavy atom. The van der Waals surface area contributed by atoms with E-state index in [1.807, 2.05) is 19.9 Å². The number of ether oxygens (including phenoxy) is 1. The van der Waals surface area contributed by atoms with Gasteiger partial charge in [0.2, 0.25) is 0 Å². The molecule has 1 fully saturated rings. The average Bonchev–Trinajstić information content (AvgIpc) is 2.43. The first-order chi connectivity index (χ1) is 10.1. The third-order valence-electron chi connectivity index (χ3n) is 3.65. The number of aryl methyl sites for hydroxylation is 2. The van der Waals surface area contributed by atoms with Crippen molar-refractivity contribution in [2.24, 2.45) is 5.73 Å². The van der Waals surface area contributed by atoms with Crippen molar-refractivity contribution >= 4 is 22.9 Å². The van der Waals surface area contributed by atoms with Gasteiger partial charge in [0, 0.05) is 36.7 Å². The molecule has 3 N–H and O–H groups in total. The fourth-order valence-electron chi connectivity index (χ4n) is 2.63. The lowest BCUT2D eigenvalue weighted by Gasteiger charge is -2.26. The van der Waals surface area contributed by atoms with Crippen molar-refractivity contribution in [1.29, 1.82) is 0 Å². The lowest BCUT2D eigenvalue weighted by atomic mass is 10.1.